The highest BCUT2D eigenvalue weighted by Crippen LogP contribution is 2.23. The average Bonchev–Trinajstić information content (AvgIpc) is 3.46. The highest BCUT2D eigenvalue weighted by atomic mass is 32.2. The molecule has 10 heteroatoms. The van der Waals surface area contributed by atoms with Crippen LogP contribution in [0.3, 0.4) is 0 Å². The van der Waals surface area contributed by atoms with Crippen LogP contribution in [0.5, 0.6) is 5.75 Å². The quantitative estimate of drug-likeness (QED) is 0.366. The van der Waals surface area contributed by atoms with Crippen molar-refractivity contribution < 1.29 is 22.4 Å². The van der Waals surface area contributed by atoms with Gasteiger partial charge in [0.05, 0.1) is 41.6 Å². The maximum atomic E-state index is 12.9. The predicted molar refractivity (Wildman–Crippen MR) is 129 cm³/mol. The minimum atomic E-state index is -3.76. The number of rotatable bonds is 7. The second-order valence-corrected chi connectivity index (χ2v) is 10.3. The molecule has 0 atom stereocenters. The number of benzene rings is 2. The number of aromatic nitrogens is 1. The Morgan fingerprint density at radius 3 is 2.65 bits per heavy atom. The van der Waals surface area contributed by atoms with E-state index in [9.17, 15) is 13.2 Å². The van der Waals surface area contributed by atoms with Crippen molar-refractivity contribution in [1.82, 2.24) is 8.87 Å². The van der Waals surface area contributed by atoms with Gasteiger partial charge in [-0.1, -0.05) is 17.3 Å². The van der Waals surface area contributed by atoms with Crippen LogP contribution >= 0.6 is 11.3 Å². The topological polar surface area (TPSA) is 94.1 Å². The Balaban J connectivity index is 1.62. The van der Waals surface area contributed by atoms with Gasteiger partial charge >= 0.3 is 0 Å². The SMILES string of the molecule is C#CCn1c(=NC(=O)c2ccc(S(=O)(=O)N(C)Cc3ccco3)cc2)sc2cc(OC)ccc21. The number of carbonyl (C=O) groups excluding carboxylic acids is 1. The Labute approximate surface area is 200 Å². The van der Waals surface area contributed by atoms with E-state index >= 15 is 0 Å². The largest absolute Gasteiger partial charge is 0.497 e. The van der Waals surface area contributed by atoms with Gasteiger partial charge in [0, 0.05) is 12.6 Å². The second kappa shape index (κ2) is 9.69. The van der Waals surface area contributed by atoms with E-state index in [4.69, 9.17) is 15.6 Å². The summed E-state index contributed by atoms with van der Waals surface area (Å²) in [5, 5.41) is 0. The number of hydrogen-bond donors (Lipinski definition) is 0. The number of ether oxygens (including phenoxy) is 1. The van der Waals surface area contributed by atoms with Crippen LogP contribution in [0.1, 0.15) is 16.1 Å². The van der Waals surface area contributed by atoms with Crippen molar-refractivity contribution >= 4 is 37.5 Å². The number of methoxy groups -OCH3 is 1. The van der Waals surface area contributed by atoms with Crippen molar-refractivity contribution in [3.8, 4) is 18.1 Å². The lowest BCUT2D eigenvalue weighted by molar-refractivity contribution is 0.0998. The number of amides is 1. The molecule has 4 aromatic rings. The molecule has 0 unspecified atom stereocenters. The molecular weight excluding hydrogens is 474 g/mol. The van der Waals surface area contributed by atoms with E-state index in [2.05, 4.69) is 10.9 Å². The first kappa shape index (κ1) is 23.5. The van der Waals surface area contributed by atoms with Crippen molar-refractivity contribution in [2.75, 3.05) is 14.2 Å². The van der Waals surface area contributed by atoms with Gasteiger partial charge in [-0.15, -0.1) is 6.42 Å². The van der Waals surface area contributed by atoms with Gasteiger partial charge in [-0.2, -0.15) is 9.30 Å². The third-order valence-corrected chi connectivity index (χ3v) is 7.96. The number of terminal acetylenes is 1. The average molecular weight is 496 g/mol. The van der Waals surface area contributed by atoms with Gasteiger partial charge < -0.3 is 13.7 Å². The predicted octanol–water partition coefficient (Wildman–Crippen LogP) is 3.50. The molecule has 0 aliphatic rings. The summed E-state index contributed by atoms with van der Waals surface area (Å²) in [5.74, 6) is 3.30. The minimum absolute atomic E-state index is 0.0643. The van der Waals surface area contributed by atoms with E-state index in [1.54, 1.807) is 23.8 Å². The van der Waals surface area contributed by atoms with Gasteiger partial charge in [-0.05, 0) is 54.6 Å². The fourth-order valence-electron chi connectivity index (χ4n) is 3.32. The molecule has 0 N–H and O–H groups in total. The first-order valence-corrected chi connectivity index (χ1v) is 12.4. The molecular formula is C24H21N3O5S2. The van der Waals surface area contributed by atoms with Crippen LogP contribution in [0.15, 0.2) is 75.2 Å². The molecule has 0 saturated heterocycles. The van der Waals surface area contributed by atoms with Crippen LogP contribution in [-0.2, 0) is 23.1 Å². The maximum Gasteiger partial charge on any atom is 0.279 e. The lowest BCUT2D eigenvalue weighted by Gasteiger charge is -2.16. The molecule has 2 aromatic heterocycles. The van der Waals surface area contributed by atoms with Gasteiger partial charge in [-0.25, -0.2) is 8.42 Å². The lowest BCUT2D eigenvalue weighted by Crippen LogP contribution is -2.26. The first-order chi connectivity index (χ1) is 16.3. The van der Waals surface area contributed by atoms with Crippen molar-refractivity contribution in [3.05, 3.63) is 77.0 Å². The molecule has 0 spiro atoms. The van der Waals surface area contributed by atoms with Crippen molar-refractivity contribution in [2.45, 2.75) is 18.0 Å². The Morgan fingerprint density at radius 1 is 1.24 bits per heavy atom. The van der Waals surface area contributed by atoms with Crippen LogP contribution in [0.4, 0.5) is 0 Å². The molecule has 0 radical (unpaired) electrons. The summed E-state index contributed by atoms with van der Waals surface area (Å²) < 4.78 is 40.0. The van der Waals surface area contributed by atoms with Crippen LogP contribution < -0.4 is 9.54 Å². The zero-order valence-electron chi connectivity index (χ0n) is 18.5. The smallest absolute Gasteiger partial charge is 0.279 e. The molecule has 2 aromatic carbocycles. The van der Waals surface area contributed by atoms with E-state index in [1.807, 2.05) is 18.2 Å². The molecule has 0 fully saturated rings. The van der Waals surface area contributed by atoms with Gasteiger partial charge in [0.25, 0.3) is 5.91 Å². The summed E-state index contributed by atoms with van der Waals surface area (Å²) >= 11 is 1.32. The summed E-state index contributed by atoms with van der Waals surface area (Å²) in [7, 11) is -0.713. The number of thiazole rings is 1. The number of furan rings is 1. The van der Waals surface area contributed by atoms with Crippen molar-refractivity contribution in [1.29, 1.82) is 0 Å². The van der Waals surface area contributed by atoms with E-state index < -0.39 is 15.9 Å². The van der Waals surface area contributed by atoms with E-state index in [0.717, 1.165) is 10.2 Å². The highest BCUT2D eigenvalue weighted by molar-refractivity contribution is 7.89. The summed E-state index contributed by atoms with van der Waals surface area (Å²) in [6.45, 7) is 0.342. The van der Waals surface area contributed by atoms with Crippen LogP contribution in [-0.4, -0.2) is 37.4 Å². The molecule has 0 bridgehead atoms. The lowest BCUT2D eigenvalue weighted by atomic mass is 10.2. The molecule has 174 valence electrons. The summed E-state index contributed by atoms with van der Waals surface area (Å²) in [4.78, 5) is 17.6. The van der Waals surface area contributed by atoms with Crippen molar-refractivity contribution in [2.24, 2.45) is 4.99 Å². The summed E-state index contributed by atoms with van der Waals surface area (Å²) in [6.07, 6.45) is 7.00. The Morgan fingerprint density at radius 2 is 2.00 bits per heavy atom. The monoisotopic (exact) mass is 495 g/mol. The zero-order valence-corrected chi connectivity index (χ0v) is 20.1. The van der Waals surface area contributed by atoms with E-state index in [1.165, 1.54) is 53.2 Å². The fraction of sp³-hybridized carbons (Fsp3) is 0.167. The Hall–Kier alpha value is -3.65. The van der Waals surface area contributed by atoms with Gasteiger partial charge in [0.15, 0.2) is 4.80 Å². The molecule has 1 amide bonds. The number of hydrogen-bond acceptors (Lipinski definition) is 6. The van der Waals surface area contributed by atoms with Gasteiger partial charge in [-0.3, -0.25) is 4.79 Å². The molecule has 0 aliphatic heterocycles. The third kappa shape index (κ3) is 4.68. The summed E-state index contributed by atoms with van der Waals surface area (Å²) in [6, 6.07) is 14.6. The maximum absolute atomic E-state index is 12.9. The second-order valence-electron chi connectivity index (χ2n) is 7.29. The molecule has 2 heterocycles. The van der Waals surface area contributed by atoms with Gasteiger partial charge in [0.2, 0.25) is 10.0 Å². The molecule has 0 aliphatic carbocycles. The van der Waals surface area contributed by atoms with Crippen LogP contribution in [0, 0.1) is 12.3 Å². The van der Waals surface area contributed by atoms with Crippen LogP contribution in [0.2, 0.25) is 0 Å². The molecule has 34 heavy (non-hydrogen) atoms. The zero-order chi connectivity index (χ0) is 24.3. The molecule has 0 saturated carbocycles. The van der Waals surface area contributed by atoms with Gasteiger partial charge in [0.1, 0.15) is 11.5 Å². The fourth-order valence-corrected chi connectivity index (χ4v) is 5.51. The van der Waals surface area contributed by atoms with Crippen LogP contribution in [0.25, 0.3) is 10.2 Å². The minimum Gasteiger partial charge on any atom is -0.497 e. The van der Waals surface area contributed by atoms with Crippen molar-refractivity contribution in [3.63, 3.8) is 0 Å². The third-order valence-electron chi connectivity index (χ3n) is 5.10. The number of nitrogens with zero attached hydrogens (tertiary/aromatic N) is 3. The van der Waals surface area contributed by atoms with E-state index in [0.29, 0.717) is 16.3 Å². The summed E-state index contributed by atoms with van der Waals surface area (Å²) in [5.41, 5.74) is 1.10. The number of carbonyl (C=O) groups is 1. The number of fused-ring (bicyclic) bond motifs is 1. The first-order valence-electron chi connectivity index (χ1n) is 10.1. The highest BCUT2D eigenvalue weighted by Gasteiger charge is 2.22. The Kier molecular flexibility index (Phi) is 6.70. The Bertz CT molecular complexity index is 1540. The molecule has 4 rings (SSSR count). The standard InChI is InChI=1S/C24H21N3O5S2/c1-4-13-27-21-12-9-18(31-3)15-22(21)33-24(27)25-23(28)17-7-10-20(11-8-17)34(29,30)26(2)16-19-6-5-14-32-19/h1,5-12,14-15H,13,16H2,2-3H3. The number of sulfonamides is 1. The normalized spacial score (nSPS) is 12.2. The van der Waals surface area contributed by atoms with E-state index in [-0.39, 0.29) is 23.5 Å². The molecule has 8 nitrogen and oxygen atoms in total.